The highest BCUT2D eigenvalue weighted by molar-refractivity contribution is 5.83. The fourth-order valence-corrected chi connectivity index (χ4v) is 5.59. The number of unbranched alkanes of at least 4 members (excludes halogenated alkanes) is 1. The van der Waals surface area contributed by atoms with Crippen LogP contribution in [-0.2, 0) is 17.6 Å². The fourth-order valence-electron chi connectivity index (χ4n) is 5.59. The van der Waals surface area contributed by atoms with Crippen LogP contribution in [-0.4, -0.2) is 47.7 Å². The Kier molecular flexibility index (Phi) is 9.13. The number of carboxylic acids is 1. The van der Waals surface area contributed by atoms with Gasteiger partial charge in [0.05, 0.1) is 12.6 Å². The summed E-state index contributed by atoms with van der Waals surface area (Å²) in [5.41, 5.74) is 3.68. The summed E-state index contributed by atoms with van der Waals surface area (Å²) in [4.78, 5) is 18.6. The fraction of sp³-hybridized carbons (Fsp3) is 0.467. The third-order valence-corrected chi connectivity index (χ3v) is 7.50. The SMILES string of the molecule is COc1ccc2nccc(CCC[C@@H]3CCN(CCCCc4ccccc4)C[C@@H]3CC(=O)O)c2c1. The zero-order valence-corrected chi connectivity index (χ0v) is 20.9. The molecular weight excluding hydrogens is 436 g/mol. The molecule has 5 nitrogen and oxygen atoms in total. The number of pyridine rings is 1. The van der Waals surface area contributed by atoms with Gasteiger partial charge in [-0.3, -0.25) is 9.78 Å². The van der Waals surface area contributed by atoms with Crippen molar-refractivity contribution in [1.29, 1.82) is 0 Å². The van der Waals surface area contributed by atoms with Gasteiger partial charge < -0.3 is 14.7 Å². The Balaban J connectivity index is 1.27. The lowest BCUT2D eigenvalue weighted by molar-refractivity contribution is -0.139. The van der Waals surface area contributed by atoms with Crippen molar-refractivity contribution < 1.29 is 14.6 Å². The first-order valence-electron chi connectivity index (χ1n) is 13.0. The van der Waals surface area contributed by atoms with Crippen LogP contribution in [0, 0.1) is 11.8 Å². The molecule has 1 N–H and O–H groups in total. The second-order valence-electron chi connectivity index (χ2n) is 9.90. The van der Waals surface area contributed by atoms with Crippen LogP contribution in [0.5, 0.6) is 5.75 Å². The topological polar surface area (TPSA) is 62.7 Å². The van der Waals surface area contributed by atoms with Crippen molar-refractivity contribution >= 4 is 16.9 Å². The predicted molar refractivity (Wildman–Crippen MR) is 141 cm³/mol. The van der Waals surface area contributed by atoms with Crippen LogP contribution < -0.4 is 4.74 Å². The maximum atomic E-state index is 11.6. The zero-order chi connectivity index (χ0) is 24.5. The third kappa shape index (κ3) is 7.28. The van der Waals surface area contributed by atoms with Gasteiger partial charge in [0.25, 0.3) is 0 Å². The number of fused-ring (bicyclic) bond motifs is 1. The molecule has 0 unspecified atom stereocenters. The van der Waals surface area contributed by atoms with E-state index in [0.29, 0.717) is 5.92 Å². The number of likely N-dealkylation sites (tertiary alicyclic amines) is 1. The molecule has 5 heteroatoms. The number of piperidine rings is 1. The normalized spacial score (nSPS) is 18.5. The summed E-state index contributed by atoms with van der Waals surface area (Å²) in [6, 6.07) is 18.8. The summed E-state index contributed by atoms with van der Waals surface area (Å²) in [5.74, 6) is 0.904. The van der Waals surface area contributed by atoms with E-state index in [1.165, 1.54) is 17.5 Å². The minimum Gasteiger partial charge on any atom is -0.497 e. The van der Waals surface area contributed by atoms with Gasteiger partial charge in [0.1, 0.15) is 5.75 Å². The molecule has 0 aliphatic carbocycles. The molecule has 186 valence electrons. The van der Waals surface area contributed by atoms with Crippen molar-refractivity contribution in [2.75, 3.05) is 26.7 Å². The largest absolute Gasteiger partial charge is 0.497 e. The van der Waals surface area contributed by atoms with E-state index < -0.39 is 5.97 Å². The highest BCUT2D eigenvalue weighted by atomic mass is 16.5. The minimum absolute atomic E-state index is 0.240. The van der Waals surface area contributed by atoms with Crippen molar-refractivity contribution in [2.45, 2.75) is 51.4 Å². The minimum atomic E-state index is -0.668. The van der Waals surface area contributed by atoms with E-state index in [0.717, 1.165) is 74.8 Å². The molecule has 1 aliphatic rings. The number of aliphatic carboxylic acids is 1. The van der Waals surface area contributed by atoms with Crippen LogP contribution in [0.15, 0.2) is 60.8 Å². The Hall–Kier alpha value is -2.92. The molecule has 0 saturated carbocycles. The van der Waals surface area contributed by atoms with Gasteiger partial charge in [-0.15, -0.1) is 0 Å². The molecule has 1 aliphatic heterocycles. The number of carbonyl (C=O) groups is 1. The maximum absolute atomic E-state index is 11.6. The van der Waals surface area contributed by atoms with Crippen LogP contribution in [0.25, 0.3) is 10.9 Å². The van der Waals surface area contributed by atoms with Crippen molar-refractivity contribution in [3.63, 3.8) is 0 Å². The zero-order valence-electron chi connectivity index (χ0n) is 20.9. The average Bonchev–Trinajstić information content (AvgIpc) is 2.88. The maximum Gasteiger partial charge on any atom is 0.303 e. The molecule has 2 aromatic carbocycles. The predicted octanol–water partition coefficient (Wildman–Crippen LogP) is 6.00. The van der Waals surface area contributed by atoms with E-state index in [1.54, 1.807) is 7.11 Å². The molecule has 0 radical (unpaired) electrons. The van der Waals surface area contributed by atoms with Crippen LogP contribution in [0.4, 0.5) is 0 Å². The van der Waals surface area contributed by atoms with Gasteiger partial charge in [0.2, 0.25) is 0 Å². The summed E-state index contributed by atoms with van der Waals surface area (Å²) >= 11 is 0. The smallest absolute Gasteiger partial charge is 0.303 e. The second-order valence-corrected chi connectivity index (χ2v) is 9.90. The lowest BCUT2D eigenvalue weighted by atomic mass is 9.79. The van der Waals surface area contributed by atoms with Gasteiger partial charge in [-0.2, -0.15) is 0 Å². The number of ether oxygens (including phenoxy) is 1. The number of methoxy groups -OCH3 is 1. The number of aromatic nitrogens is 1. The van der Waals surface area contributed by atoms with Crippen LogP contribution in [0.2, 0.25) is 0 Å². The van der Waals surface area contributed by atoms with Crippen LogP contribution in [0.3, 0.4) is 0 Å². The Morgan fingerprint density at radius 1 is 1.06 bits per heavy atom. The van der Waals surface area contributed by atoms with Crippen LogP contribution in [0.1, 0.15) is 49.7 Å². The third-order valence-electron chi connectivity index (χ3n) is 7.50. The Labute approximate surface area is 209 Å². The van der Waals surface area contributed by atoms with E-state index in [9.17, 15) is 9.90 Å². The summed E-state index contributed by atoms with van der Waals surface area (Å²) in [7, 11) is 1.69. The first kappa shape index (κ1) is 25.2. The number of rotatable bonds is 12. The Morgan fingerprint density at radius 3 is 2.71 bits per heavy atom. The molecule has 0 amide bonds. The molecule has 0 bridgehead atoms. The molecule has 0 spiro atoms. The molecule has 2 heterocycles. The summed E-state index contributed by atoms with van der Waals surface area (Å²) < 4.78 is 5.41. The van der Waals surface area contributed by atoms with Gasteiger partial charge in [-0.25, -0.2) is 0 Å². The first-order valence-corrected chi connectivity index (χ1v) is 13.0. The highest BCUT2D eigenvalue weighted by Crippen LogP contribution is 2.32. The molecular formula is C30H38N2O3. The quantitative estimate of drug-likeness (QED) is 0.326. The standard InChI is InChI=1S/C30H38N2O3/c1-35-27-13-14-29-28(21-27)25(15-17-31-29)12-7-11-24-16-19-32(22-26(24)20-30(33)34)18-6-5-10-23-8-3-2-4-9-23/h2-4,8-9,13-15,17,21,24,26H,5-7,10-12,16,18-20,22H2,1H3,(H,33,34)/t24-,26+/m1/s1. The molecule has 3 aromatic rings. The average molecular weight is 475 g/mol. The Bertz CT molecular complexity index is 1090. The number of hydrogen-bond acceptors (Lipinski definition) is 4. The summed E-state index contributed by atoms with van der Waals surface area (Å²) in [5, 5.41) is 10.7. The van der Waals surface area contributed by atoms with Crippen molar-refractivity contribution in [3.8, 4) is 5.75 Å². The van der Waals surface area contributed by atoms with E-state index >= 15 is 0 Å². The van der Waals surface area contributed by atoms with Crippen molar-refractivity contribution in [3.05, 3.63) is 71.9 Å². The molecule has 4 rings (SSSR count). The van der Waals surface area contributed by atoms with Crippen LogP contribution >= 0.6 is 0 Å². The van der Waals surface area contributed by atoms with Gasteiger partial charge in [0.15, 0.2) is 0 Å². The summed E-state index contributed by atoms with van der Waals surface area (Å²) in [6.45, 7) is 3.07. The van der Waals surface area contributed by atoms with Gasteiger partial charge in [-0.05, 0) is 105 Å². The summed E-state index contributed by atoms with van der Waals surface area (Å²) in [6.07, 6.45) is 9.84. The van der Waals surface area contributed by atoms with Gasteiger partial charge >= 0.3 is 5.97 Å². The monoisotopic (exact) mass is 474 g/mol. The van der Waals surface area contributed by atoms with Gasteiger partial charge in [-0.1, -0.05) is 30.3 Å². The number of carboxylic acid groups (broad SMARTS) is 1. The number of benzene rings is 2. The van der Waals surface area contributed by atoms with Crippen molar-refractivity contribution in [1.82, 2.24) is 9.88 Å². The van der Waals surface area contributed by atoms with E-state index in [-0.39, 0.29) is 12.3 Å². The lowest BCUT2D eigenvalue weighted by Gasteiger charge is -2.38. The molecule has 1 fully saturated rings. The first-order chi connectivity index (χ1) is 17.1. The highest BCUT2D eigenvalue weighted by Gasteiger charge is 2.30. The van der Waals surface area contributed by atoms with E-state index in [4.69, 9.17) is 4.74 Å². The molecule has 1 saturated heterocycles. The molecule has 1 aromatic heterocycles. The number of hydrogen-bond donors (Lipinski definition) is 1. The Morgan fingerprint density at radius 2 is 1.91 bits per heavy atom. The van der Waals surface area contributed by atoms with Crippen molar-refractivity contribution in [2.24, 2.45) is 11.8 Å². The number of aryl methyl sites for hydroxylation is 2. The van der Waals surface area contributed by atoms with E-state index in [1.807, 2.05) is 18.3 Å². The molecule has 35 heavy (non-hydrogen) atoms. The number of nitrogens with zero attached hydrogens (tertiary/aromatic N) is 2. The van der Waals surface area contributed by atoms with E-state index in [2.05, 4.69) is 52.3 Å². The lowest BCUT2D eigenvalue weighted by Crippen LogP contribution is -2.41. The molecule has 2 atom stereocenters. The second kappa shape index (κ2) is 12.7. The van der Waals surface area contributed by atoms with Gasteiger partial charge in [0, 0.05) is 24.5 Å².